The maximum Gasteiger partial charge on any atom is 0.132 e. The van der Waals surface area contributed by atoms with Crippen molar-refractivity contribution in [3.8, 4) is 5.75 Å². The molecule has 0 saturated heterocycles. The fraction of sp³-hybridized carbons (Fsp3) is 0.400. The first-order valence-electron chi connectivity index (χ1n) is 4.32. The number of rotatable bonds is 4. The minimum atomic E-state index is -0.340. The molecule has 0 bridgehead atoms. The van der Waals surface area contributed by atoms with Crippen molar-refractivity contribution in [2.24, 2.45) is 5.73 Å². The van der Waals surface area contributed by atoms with Gasteiger partial charge in [-0.25, -0.2) is 0 Å². The van der Waals surface area contributed by atoms with E-state index in [0.717, 1.165) is 16.2 Å². The minimum absolute atomic E-state index is 0.0548. The van der Waals surface area contributed by atoms with Gasteiger partial charge in [-0.05, 0) is 17.9 Å². The molecule has 1 atom stereocenters. The summed E-state index contributed by atoms with van der Waals surface area (Å²) >= 11 is 1.57. The fourth-order valence-electron chi connectivity index (χ4n) is 1.30. The van der Waals surface area contributed by atoms with Gasteiger partial charge in [-0.2, -0.15) is 0 Å². The van der Waals surface area contributed by atoms with Crippen molar-refractivity contribution in [2.75, 3.05) is 20.0 Å². The second-order valence-electron chi connectivity index (χ2n) is 2.87. The van der Waals surface area contributed by atoms with E-state index in [0.29, 0.717) is 0 Å². The molecule has 1 aromatic carbocycles. The number of aliphatic hydroxyl groups excluding tert-OH is 1. The Kier molecular flexibility index (Phi) is 4.25. The quantitative estimate of drug-likeness (QED) is 0.742. The molecule has 0 amide bonds. The van der Waals surface area contributed by atoms with Gasteiger partial charge in [0.05, 0.1) is 24.7 Å². The molecule has 0 aliphatic rings. The molecule has 1 unspecified atom stereocenters. The van der Waals surface area contributed by atoms with Gasteiger partial charge in [-0.15, -0.1) is 11.8 Å². The molecule has 78 valence electrons. The highest BCUT2D eigenvalue weighted by Gasteiger charge is 2.13. The van der Waals surface area contributed by atoms with Crippen LogP contribution in [0.4, 0.5) is 0 Å². The molecule has 0 aliphatic heterocycles. The third-order valence-electron chi connectivity index (χ3n) is 2.03. The lowest BCUT2D eigenvalue weighted by Gasteiger charge is -2.15. The summed E-state index contributed by atoms with van der Waals surface area (Å²) in [5.74, 6) is 0.805. The number of benzene rings is 1. The number of thioether (sulfide) groups is 1. The van der Waals surface area contributed by atoms with E-state index < -0.39 is 0 Å². The largest absolute Gasteiger partial charge is 0.496 e. The maximum atomic E-state index is 9.00. The zero-order valence-corrected chi connectivity index (χ0v) is 9.17. The molecule has 3 nitrogen and oxygen atoms in total. The van der Waals surface area contributed by atoms with Gasteiger partial charge in [0, 0.05) is 0 Å². The third kappa shape index (κ3) is 2.20. The Labute approximate surface area is 88.3 Å². The fourth-order valence-corrected chi connectivity index (χ4v) is 2.11. The van der Waals surface area contributed by atoms with Crippen molar-refractivity contribution >= 4 is 11.8 Å². The average Bonchev–Trinajstić information content (AvgIpc) is 2.26. The highest BCUT2D eigenvalue weighted by molar-refractivity contribution is 7.98. The Hall–Kier alpha value is -0.710. The van der Waals surface area contributed by atoms with Gasteiger partial charge >= 0.3 is 0 Å². The van der Waals surface area contributed by atoms with Crippen molar-refractivity contribution in [3.63, 3.8) is 0 Å². The predicted molar refractivity (Wildman–Crippen MR) is 58.8 cm³/mol. The highest BCUT2D eigenvalue weighted by atomic mass is 32.2. The van der Waals surface area contributed by atoms with Crippen molar-refractivity contribution in [3.05, 3.63) is 23.8 Å². The summed E-state index contributed by atoms with van der Waals surface area (Å²) in [4.78, 5) is 0.997. The van der Waals surface area contributed by atoms with Gasteiger partial charge in [-0.3, -0.25) is 0 Å². The molecule has 0 aliphatic carbocycles. The lowest BCUT2D eigenvalue weighted by atomic mass is 10.1. The Bertz CT molecular complexity index is 304. The first-order valence-corrected chi connectivity index (χ1v) is 5.54. The summed E-state index contributed by atoms with van der Waals surface area (Å²) in [5, 5.41) is 9.00. The topological polar surface area (TPSA) is 55.5 Å². The van der Waals surface area contributed by atoms with E-state index in [2.05, 4.69) is 0 Å². The van der Waals surface area contributed by atoms with Crippen LogP contribution in [-0.2, 0) is 0 Å². The van der Waals surface area contributed by atoms with Gasteiger partial charge < -0.3 is 15.6 Å². The summed E-state index contributed by atoms with van der Waals surface area (Å²) in [5.41, 5.74) is 6.71. The number of aliphatic hydroxyl groups is 1. The standard InChI is InChI=1S/C10H15NO2S/c1-13-9-5-3-4-7(8(11)6-12)10(9)14-2/h3-5,8,12H,6,11H2,1-2H3. The molecule has 0 radical (unpaired) electrons. The van der Waals surface area contributed by atoms with E-state index in [1.165, 1.54) is 0 Å². The van der Waals surface area contributed by atoms with Crippen LogP contribution >= 0.6 is 11.8 Å². The van der Waals surface area contributed by atoms with Crippen LogP contribution in [0, 0.1) is 0 Å². The van der Waals surface area contributed by atoms with Crippen LogP contribution in [0.5, 0.6) is 5.75 Å². The van der Waals surface area contributed by atoms with Crippen molar-refractivity contribution in [1.82, 2.24) is 0 Å². The van der Waals surface area contributed by atoms with Crippen molar-refractivity contribution in [1.29, 1.82) is 0 Å². The first kappa shape index (κ1) is 11.4. The van der Waals surface area contributed by atoms with Crippen molar-refractivity contribution in [2.45, 2.75) is 10.9 Å². The normalized spacial score (nSPS) is 12.6. The number of hydrogen-bond acceptors (Lipinski definition) is 4. The molecular weight excluding hydrogens is 198 g/mol. The molecule has 3 N–H and O–H groups in total. The van der Waals surface area contributed by atoms with Crippen LogP contribution in [0.3, 0.4) is 0 Å². The monoisotopic (exact) mass is 213 g/mol. The van der Waals surface area contributed by atoms with Crippen LogP contribution in [-0.4, -0.2) is 25.1 Å². The maximum absolute atomic E-state index is 9.00. The Morgan fingerprint density at radius 2 is 2.29 bits per heavy atom. The van der Waals surface area contributed by atoms with Gasteiger partial charge in [-0.1, -0.05) is 12.1 Å². The Balaban J connectivity index is 3.14. The molecule has 0 saturated carbocycles. The third-order valence-corrected chi connectivity index (χ3v) is 2.87. The van der Waals surface area contributed by atoms with Crippen LogP contribution in [0.25, 0.3) is 0 Å². The molecule has 4 heteroatoms. The molecule has 1 rings (SSSR count). The second kappa shape index (κ2) is 5.24. The van der Waals surface area contributed by atoms with Crippen LogP contribution in [0.15, 0.2) is 23.1 Å². The minimum Gasteiger partial charge on any atom is -0.496 e. The van der Waals surface area contributed by atoms with E-state index in [1.54, 1.807) is 18.9 Å². The summed E-state index contributed by atoms with van der Waals surface area (Å²) in [6.07, 6.45) is 1.96. The van der Waals surface area contributed by atoms with E-state index in [4.69, 9.17) is 15.6 Å². The van der Waals surface area contributed by atoms with Gasteiger partial charge in [0.2, 0.25) is 0 Å². The summed E-state index contributed by atoms with van der Waals surface area (Å²) in [6, 6.07) is 5.34. The number of ether oxygens (including phenoxy) is 1. The summed E-state index contributed by atoms with van der Waals surface area (Å²) in [6.45, 7) is -0.0548. The lowest BCUT2D eigenvalue weighted by molar-refractivity contribution is 0.266. The second-order valence-corrected chi connectivity index (χ2v) is 3.69. The molecule has 0 heterocycles. The number of nitrogens with two attached hydrogens (primary N) is 1. The predicted octanol–water partition coefficient (Wildman–Crippen LogP) is 1.41. The van der Waals surface area contributed by atoms with Crippen LogP contribution < -0.4 is 10.5 Å². The molecule has 0 aromatic heterocycles. The average molecular weight is 213 g/mol. The number of hydrogen-bond donors (Lipinski definition) is 2. The molecular formula is C10H15NO2S. The van der Waals surface area contributed by atoms with E-state index in [9.17, 15) is 0 Å². The van der Waals surface area contributed by atoms with E-state index >= 15 is 0 Å². The van der Waals surface area contributed by atoms with Gasteiger partial charge in [0.1, 0.15) is 5.75 Å². The van der Waals surface area contributed by atoms with Crippen LogP contribution in [0.2, 0.25) is 0 Å². The molecule has 1 aromatic rings. The Morgan fingerprint density at radius 1 is 1.57 bits per heavy atom. The molecule has 14 heavy (non-hydrogen) atoms. The van der Waals surface area contributed by atoms with E-state index in [1.807, 2.05) is 24.5 Å². The first-order chi connectivity index (χ1) is 6.74. The Morgan fingerprint density at radius 3 is 2.79 bits per heavy atom. The highest BCUT2D eigenvalue weighted by Crippen LogP contribution is 2.33. The van der Waals surface area contributed by atoms with Gasteiger partial charge in [0.15, 0.2) is 0 Å². The zero-order chi connectivity index (χ0) is 10.6. The SMILES string of the molecule is COc1cccc(C(N)CO)c1SC. The lowest BCUT2D eigenvalue weighted by Crippen LogP contribution is -2.15. The summed E-state index contributed by atoms with van der Waals surface area (Å²) in [7, 11) is 1.63. The zero-order valence-electron chi connectivity index (χ0n) is 8.36. The summed E-state index contributed by atoms with van der Waals surface area (Å²) < 4.78 is 5.21. The molecule has 0 spiro atoms. The number of methoxy groups -OCH3 is 1. The van der Waals surface area contributed by atoms with E-state index in [-0.39, 0.29) is 12.6 Å². The van der Waals surface area contributed by atoms with Crippen LogP contribution in [0.1, 0.15) is 11.6 Å². The molecule has 0 fully saturated rings. The smallest absolute Gasteiger partial charge is 0.132 e. The van der Waals surface area contributed by atoms with Crippen molar-refractivity contribution < 1.29 is 9.84 Å². The van der Waals surface area contributed by atoms with Gasteiger partial charge in [0.25, 0.3) is 0 Å².